The fourth-order valence-corrected chi connectivity index (χ4v) is 6.58. The topological polar surface area (TPSA) is 101 Å². The van der Waals surface area contributed by atoms with Crippen LogP contribution in [0.15, 0.2) is 24.3 Å². The van der Waals surface area contributed by atoms with Crippen LogP contribution in [-0.2, 0) is 14.8 Å². The van der Waals surface area contributed by atoms with Gasteiger partial charge in [0.2, 0.25) is 10.0 Å². The Hall–Kier alpha value is -2.22. The highest BCUT2D eigenvalue weighted by Crippen LogP contribution is 2.43. The first kappa shape index (κ1) is 18.2. The van der Waals surface area contributed by atoms with E-state index in [-0.39, 0.29) is 17.0 Å². The summed E-state index contributed by atoms with van der Waals surface area (Å²) in [6.07, 6.45) is 4.43. The van der Waals surface area contributed by atoms with Crippen molar-refractivity contribution < 1.29 is 22.8 Å². The molecule has 2 atom stereocenters. The highest BCUT2D eigenvalue weighted by atomic mass is 32.2. The van der Waals surface area contributed by atoms with E-state index >= 15 is 0 Å². The van der Waals surface area contributed by atoms with E-state index < -0.39 is 39.0 Å². The number of amides is 3. The Kier molecular flexibility index (Phi) is 4.33. The van der Waals surface area contributed by atoms with Crippen molar-refractivity contribution in [2.75, 3.05) is 0 Å². The second-order valence-corrected chi connectivity index (χ2v) is 9.67. The summed E-state index contributed by atoms with van der Waals surface area (Å²) in [6, 6.07) is 5.13. The number of fused-ring (bicyclic) bond motifs is 4. The maximum atomic E-state index is 12.8. The van der Waals surface area contributed by atoms with Crippen molar-refractivity contribution in [3.8, 4) is 0 Å². The van der Waals surface area contributed by atoms with Gasteiger partial charge in [0.15, 0.2) is 0 Å². The van der Waals surface area contributed by atoms with Crippen molar-refractivity contribution in [3.05, 3.63) is 35.4 Å². The summed E-state index contributed by atoms with van der Waals surface area (Å²) >= 11 is 0. The van der Waals surface area contributed by atoms with Crippen LogP contribution >= 0.6 is 0 Å². The van der Waals surface area contributed by atoms with Crippen molar-refractivity contribution in [1.29, 1.82) is 0 Å². The van der Waals surface area contributed by atoms with Crippen LogP contribution in [0.3, 0.4) is 0 Å². The van der Waals surface area contributed by atoms with Crippen molar-refractivity contribution in [1.82, 2.24) is 9.62 Å². The summed E-state index contributed by atoms with van der Waals surface area (Å²) in [6.45, 7) is 1.37. The Balaban J connectivity index is 1.50. The van der Waals surface area contributed by atoms with Gasteiger partial charge in [-0.2, -0.15) is 0 Å². The maximum absolute atomic E-state index is 12.8. The van der Waals surface area contributed by atoms with Crippen LogP contribution in [-0.4, -0.2) is 42.3 Å². The predicted octanol–water partition coefficient (Wildman–Crippen LogP) is 1.70. The molecule has 1 aliphatic heterocycles. The minimum atomic E-state index is -3.84. The summed E-state index contributed by atoms with van der Waals surface area (Å²) in [5.74, 6) is -1.51. The van der Waals surface area contributed by atoms with Gasteiger partial charge in [0.1, 0.15) is 6.04 Å². The zero-order valence-corrected chi connectivity index (χ0v) is 15.9. The number of carbonyl (C=O) groups excluding carboxylic acids is 3. The van der Waals surface area contributed by atoms with E-state index in [1.165, 1.54) is 19.1 Å². The molecule has 1 heterocycles. The molecular weight excluding hydrogens is 368 g/mol. The van der Waals surface area contributed by atoms with Crippen LogP contribution in [0.25, 0.3) is 0 Å². The third kappa shape index (κ3) is 2.96. The number of hydrogen-bond acceptors (Lipinski definition) is 5. The van der Waals surface area contributed by atoms with E-state index in [1.807, 2.05) is 0 Å². The van der Waals surface area contributed by atoms with E-state index in [4.69, 9.17) is 0 Å². The molecule has 0 saturated heterocycles. The largest absolute Gasteiger partial charge is 0.272 e. The Morgan fingerprint density at radius 2 is 1.63 bits per heavy atom. The number of rotatable bonds is 4. The lowest BCUT2D eigenvalue weighted by atomic mass is 9.70. The number of sulfonamides is 1. The summed E-state index contributed by atoms with van der Waals surface area (Å²) in [5, 5.41) is -0.566. The molecule has 3 saturated carbocycles. The summed E-state index contributed by atoms with van der Waals surface area (Å²) in [7, 11) is -3.84. The van der Waals surface area contributed by atoms with Crippen molar-refractivity contribution >= 4 is 27.7 Å². The molecule has 144 valence electrons. The van der Waals surface area contributed by atoms with Crippen LogP contribution in [0.2, 0.25) is 0 Å². The van der Waals surface area contributed by atoms with Crippen molar-refractivity contribution in [3.63, 3.8) is 0 Å². The van der Waals surface area contributed by atoms with Gasteiger partial charge >= 0.3 is 0 Å². The lowest BCUT2D eigenvalue weighted by molar-refractivity contribution is -0.122. The molecule has 4 aliphatic rings. The molecule has 0 spiro atoms. The minimum absolute atomic E-state index is 0.0786. The molecule has 3 amide bonds. The van der Waals surface area contributed by atoms with Gasteiger partial charge in [0.05, 0.1) is 16.4 Å². The van der Waals surface area contributed by atoms with Gasteiger partial charge in [0.25, 0.3) is 17.7 Å². The first-order chi connectivity index (χ1) is 12.8. The molecule has 1 unspecified atom stereocenters. The first-order valence-corrected chi connectivity index (χ1v) is 10.9. The molecule has 0 radical (unpaired) electrons. The number of hydrogen-bond donors (Lipinski definition) is 1. The van der Waals surface area contributed by atoms with Gasteiger partial charge in [-0.1, -0.05) is 25.0 Å². The smallest absolute Gasteiger partial charge is 0.262 e. The van der Waals surface area contributed by atoms with E-state index in [2.05, 4.69) is 4.72 Å². The number of carbonyl (C=O) groups is 3. The molecule has 3 fully saturated rings. The van der Waals surface area contributed by atoms with Gasteiger partial charge in [-0.3, -0.25) is 24.0 Å². The molecule has 1 aromatic rings. The predicted molar refractivity (Wildman–Crippen MR) is 97.3 cm³/mol. The average molecular weight is 390 g/mol. The molecule has 8 heteroatoms. The van der Waals surface area contributed by atoms with Crippen LogP contribution in [0, 0.1) is 11.8 Å². The third-order valence-corrected chi connectivity index (χ3v) is 8.08. The molecule has 3 aliphatic carbocycles. The lowest BCUT2D eigenvalue weighted by Gasteiger charge is -2.41. The fourth-order valence-electron chi connectivity index (χ4n) is 4.67. The third-order valence-electron chi connectivity index (χ3n) is 6.22. The zero-order valence-electron chi connectivity index (χ0n) is 15.1. The molecule has 1 aromatic carbocycles. The Bertz CT molecular complexity index is 883. The van der Waals surface area contributed by atoms with Crippen molar-refractivity contribution in [2.45, 2.75) is 50.3 Å². The SMILES string of the molecule is C[C@H](C(=O)NS(=O)(=O)C1CC2CCC1CC2)N1C(=O)c2ccccc2C1=O. The molecule has 27 heavy (non-hydrogen) atoms. The molecule has 2 bridgehead atoms. The number of benzene rings is 1. The maximum Gasteiger partial charge on any atom is 0.262 e. The van der Waals surface area contributed by atoms with Crippen LogP contribution in [0.1, 0.15) is 59.7 Å². The quantitative estimate of drug-likeness (QED) is 0.789. The summed E-state index contributed by atoms with van der Waals surface area (Å²) in [4.78, 5) is 38.4. The van der Waals surface area contributed by atoms with E-state index in [0.717, 1.165) is 30.6 Å². The van der Waals surface area contributed by atoms with E-state index in [9.17, 15) is 22.8 Å². The first-order valence-electron chi connectivity index (χ1n) is 9.32. The van der Waals surface area contributed by atoms with Crippen LogP contribution in [0.5, 0.6) is 0 Å². The van der Waals surface area contributed by atoms with Gasteiger partial charge in [0, 0.05) is 0 Å². The number of nitrogens with one attached hydrogen (secondary N) is 1. The second kappa shape index (κ2) is 6.44. The van der Waals surface area contributed by atoms with Crippen LogP contribution < -0.4 is 4.72 Å². The summed E-state index contributed by atoms with van der Waals surface area (Å²) in [5.41, 5.74) is 0.462. The second-order valence-electron chi connectivity index (χ2n) is 7.77. The Labute approximate surface area is 158 Å². The highest BCUT2D eigenvalue weighted by Gasteiger charge is 2.45. The molecule has 7 nitrogen and oxygen atoms in total. The summed E-state index contributed by atoms with van der Waals surface area (Å²) < 4.78 is 27.7. The molecule has 0 aromatic heterocycles. The number of imide groups is 1. The monoisotopic (exact) mass is 390 g/mol. The average Bonchev–Trinajstić information content (AvgIpc) is 2.93. The van der Waals surface area contributed by atoms with E-state index in [0.29, 0.717) is 12.3 Å². The Morgan fingerprint density at radius 1 is 1.07 bits per heavy atom. The normalized spacial score (nSPS) is 28.2. The lowest BCUT2D eigenvalue weighted by Crippen LogP contribution is -2.53. The van der Waals surface area contributed by atoms with E-state index in [1.54, 1.807) is 12.1 Å². The van der Waals surface area contributed by atoms with Gasteiger partial charge in [-0.05, 0) is 50.2 Å². The molecular formula is C19H22N2O5S. The Morgan fingerprint density at radius 3 is 2.11 bits per heavy atom. The van der Waals surface area contributed by atoms with Crippen LogP contribution in [0.4, 0.5) is 0 Å². The zero-order chi connectivity index (χ0) is 19.3. The fraction of sp³-hybridized carbons (Fsp3) is 0.526. The van der Waals surface area contributed by atoms with Crippen molar-refractivity contribution in [2.24, 2.45) is 11.8 Å². The molecule has 5 rings (SSSR count). The van der Waals surface area contributed by atoms with Gasteiger partial charge < -0.3 is 0 Å². The molecule has 1 N–H and O–H groups in total. The van der Waals surface area contributed by atoms with Gasteiger partial charge in [-0.15, -0.1) is 0 Å². The number of nitrogens with zero attached hydrogens (tertiary/aromatic N) is 1. The standard InChI is InChI=1S/C19H22N2O5S/c1-11(21-18(23)14-4-2-3-5-15(14)19(21)24)17(22)20-27(25,26)16-10-12-6-8-13(16)9-7-12/h2-5,11-13,16H,6-10H2,1H3,(H,20,22)/t11-,12?,13?,16?/m1/s1. The highest BCUT2D eigenvalue weighted by molar-refractivity contribution is 7.90. The minimum Gasteiger partial charge on any atom is -0.272 e. The van der Waals surface area contributed by atoms with Gasteiger partial charge in [-0.25, -0.2) is 8.42 Å².